The molecule has 6 heteroatoms. The Bertz CT molecular complexity index is 812. The highest BCUT2D eigenvalue weighted by atomic mass is 16.5. The summed E-state index contributed by atoms with van der Waals surface area (Å²) in [7, 11) is 0. The Kier molecular flexibility index (Phi) is 5.31. The number of ether oxygens (including phenoxy) is 1. The summed E-state index contributed by atoms with van der Waals surface area (Å²) >= 11 is 0. The van der Waals surface area contributed by atoms with Crippen molar-refractivity contribution >= 4 is 23.4 Å². The van der Waals surface area contributed by atoms with Gasteiger partial charge in [0.15, 0.2) is 0 Å². The molecule has 2 aromatic rings. The third kappa shape index (κ3) is 3.91. The maximum Gasteiger partial charge on any atom is 0.261 e. The number of anilines is 1. The first-order valence-electron chi connectivity index (χ1n) is 8.52. The number of unbranched alkanes of at least 4 members (excludes halogenated alkanes) is 1. The highest BCUT2D eigenvalue weighted by molar-refractivity contribution is 6.21. The summed E-state index contributed by atoms with van der Waals surface area (Å²) in [6.45, 7) is 2.29. The smallest absolute Gasteiger partial charge is 0.261 e. The van der Waals surface area contributed by atoms with E-state index >= 15 is 0 Å². The van der Waals surface area contributed by atoms with Crippen molar-refractivity contribution < 1.29 is 19.1 Å². The van der Waals surface area contributed by atoms with Crippen LogP contribution in [-0.2, 0) is 4.79 Å². The summed E-state index contributed by atoms with van der Waals surface area (Å²) in [6.07, 6.45) is 1.37. The monoisotopic (exact) mass is 352 g/mol. The number of benzene rings is 2. The molecular weight excluding hydrogens is 332 g/mol. The van der Waals surface area contributed by atoms with E-state index in [0.29, 0.717) is 48.6 Å². The van der Waals surface area contributed by atoms with Gasteiger partial charge in [-0.15, -0.1) is 0 Å². The van der Waals surface area contributed by atoms with Crippen LogP contribution >= 0.6 is 0 Å². The first kappa shape index (κ1) is 17.7. The van der Waals surface area contributed by atoms with Crippen LogP contribution < -0.4 is 10.1 Å². The van der Waals surface area contributed by atoms with Crippen molar-refractivity contribution in [2.24, 2.45) is 0 Å². The number of imide groups is 1. The fourth-order valence-corrected chi connectivity index (χ4v) is 2.87. The molecule has 1 N–H and O–H groups in total. The van der Waals surface area contributed by atoms with Gasteiger partial charge in [-0.3, -0.25) is 19.3 Å². The number of fused-ring (bicyclic) bond motifs is 1. The molecule has 1 aliphatic heterocycles. The van der Waals surface area contributed by atoms with Crippen LogP contribution in [0.1, 0.15) is 40.5 Å². The molecule has 6 nitrogen and oxygen atoms in total. The van der Waals surface area contributed by atoms with Crippen molar-refractivity contribution in [2.45, 2.75) is 19.8 Å². The standard InChI is InChI=1S/C20H20N2O4/c1-14(23)21-15-7-6-8-16(13-15)26-12-5-4-11-22-19(24)17-9-2-3-10-18(17)20(22)25/h2-3,6-10,13H,4-5,11-12H2,1H3,(H,21,23). The number of nitrogens with one attached hydrogen (secondary N) is 1. The molecule has 0 fully saturated rings. The molecular formula is C20H20N2O4. The Balaban J connectivity index is 1.45. The maximum atomic E-state index is 12.3. The highest BCUT2D eigenvalue weighted by Crippen LogP contribution is 2.23. The SMILES string of the molecule is CC(=O)Nc1cccc(OCCCCN2C(=O)c3ccccc3C2=O)c1. The quantitative estimate of drug-likeness (QED) is 0.614. The summed E-state index contributed by atoms with van der Waals surface area (Å²) < 4.78 is 5.67. The van der Waals surface area contributed by atoms with Crippen molar-refractivity contribution in [3.05, 3.63) is 59.7 Å². The van der Waals surface area contributed by atoms with Crippen LogP contribution in [0.25, 0.3) is 0 Å². The zero-order valence-corrected chi connectivity index (χ0v) is 14.5. The van der Waals surface area contributed by atoms with E-state index in [1.54, 1.807) is 42.5 Å². The zero-order valence-electron chi connectivity index (χ0n) is 14.5. The predicted octanol–water partition coefficient (Wildman–Crippen LogP) is 3.10. The van der Waals surface area contributed by atoms with Gasteiger partial charge in [0, 0.05) is 25.2 Å². The second kappa shape index (κ2) is 7.82. The molecule has 3 amide bonds. The Labute approximate surface area is 151 Å². The van der Waals surface area contributed by atoms with E-state index in [-0.39, 0.29) is 17.7 Å². The van der Waals surface area contributed by atoms with Crippen LogP contribution in [0.4, 0.5) is 5.69 Å². The third-order valence-corrected chi connectivity index (χ3v) is 4.08. The van der Waals surface area contributed by atoms with Crippen LogP contribution in [0.2, 0.25) is 0 Å². The van der Waals surface area contributed by atoms with Crippen LogP contribution in [-0.4, -0.2) is 35.8 Å². The fourth-order valence-electron chi connectivity index (χ4n) is 2.87. The first-order valence-corrected chi connectivity index (χ1v) is 8.52. The number of hydrogen-bond donors (Lipinski definition) is 1. The number of amides is 3. The molecule has 0 radical (unpaired) electrons. The highest BCUT2D eigenvalue weighted by Gasteiger charge is 2.34. The maximum absolute atomic E-state index is 12.3. The predicted molar refractivity (Wildman–Crippen MR) is 97.3 cm³/mol. The van der Waals surface area contributed by atoms with Crippen molar-refractivity contribution in [1.82, 2.24) is 4.90 Å². The van der Waals surface area contributed by atoms with Gasteiger partial charge in [-0.1, -0.05) is 18.2 Å². The first-order chi connectivity index (χ1) is 12.6. The topological polar surface area (TPSA) is 75.7 Å². The lowest BCUT2D eigenvalue weighted by molar-refractivity contribution is -0.114. The molecule has 1 aliphatic rings. The zero-order chi connectivity index (χ0) is 18.5. The van der Waals surface area contributed by atoms with Crippen LogP contribution in [0, 0.1) is 0 Å². The summed E-state index contributed by atoms with van der Waals surface area (Å²) in [6, 6.07) is 14.0. The van der Waals surface area contributed by atoms with Crippen LogP contribution in [0.15, 0.2) is 48.5 Å². The molecule has 0 spiro atoms. The normalized spacial score (nSPS) is 12.9. The largest absolute Gasteiger partial charge is 0.494 e. The van der Waals surface area contributed by atoms with Crippen molar-refractivity contribution in [3.8, 4) is 5.75 Å². The van der Waals surface area contributed by atoms with Crippen molar-refractivity contribution in [3.63, 3.8) is 0 Å². The minimum Gasteiger partial charge on any atom is -0.494 e. The van der Waals surface area contributed by atoms with E-state index in [0.717, 1.165) is 0 Å². The third-order valence-electron chi connectivity index (χ3n) is 4.08. The minimum atomic E-state index is -0.227. The van der Waals surface area contributed by atoms with Gasteiger partial charge in [0.1, 0.15) is 5.75 Å². The van der Waals surface area contributed by atoms with E-state index in [4.69, 9.17) is 4.74 Å². The van der Waals surface area contributed by atoms with Crippen LogP contribution in [0.5, 0.6) is 5.75 Å². The number of carbonyl (C=O) groups is 3. The Morgan fingerprint density at radius 2 is 1.69 bits per heavy atom. The summed E-state index contributed by atoms with van der Waals surface area (Å²) in [4.78, 5) is 36.9. The summed E-state index contributed by atoms with van der Waals surface area (Å²) in [5, 5.41) is 2.70. The lowest BCUT2D eigenvalue weighted by Gasteiger charge is -2.14. The lowest BCUT2D eigenvalue weighted by Crippen LogP contribution is -2.30. The van der Waals surface area contributed by atoms with Gasteiger partial charge < -0.3 is 10.1 Å². The van der Waals surface area contributed by atoms with E-state index in [9.17, 15) is 14.4 Å². The molecule has 1 heterocycles. The van der Waals surface area contributed by atoms with Gasteiger partial charge in [0.2, 0.25) is 5.91 Å². The Morgan fingerprint density at radius 1 is 1.00 bits per heavy atom. The average molecular weight is 352 g/mol. The van der Waals surface area contributed by atoms with Gasteiger partial charge in [-0.05, 0) is 37.1 Å². The molecule has 26 heavy (non-hydrogen) atoms. The van der Waals surface area contributed by atoms with E-state index in [1.807, 2.05) is 6.07 Å². The van der Waals surface area contributed by atoms with Gasteiger partial charge in [-0.2, -0.15) is 0 Å². The molecule has 0 aromatic heterocycles. The van der Waals surface area contributed by atoms with E-state index in [2.05, 4.69) is 5.32 Å². The molecule has 3 rings (SSSR count). The number of rotatable bonds is 7. The van der Waals surface area contributed by atoms with Crippen LogP contribution in [0.3, 0.4) is 0 Å². The number of carbonyl (C=O) groups excluding carboxylic acids is 3. The fraction of sp³-hybridized carbons (Fsp3) is 0.250. The summed E-state index contributed by atoms with van der Waals surface area (Å²) in [5.41, 5.74) is 1.63. The number of hydrogen-bond acceptors (Lipinski definition) is 4. The summed E-state index contributed by atoms with van der Waals surface area (Å²) in [5.74, 6) is 0.0733. The Morgan fingerprint density at radius 3 is 2.35 bits per heavy atom. The van der Waals surface area contributed by atoms with Crippen molar-refractivity contribution in [2.75, 3.05) is 18.5 Å². The second-order valence-electron chi connectivity index (χ2n) is 6.07. The van der Waals surface area contributed by atoms with Gasteiger partial charge in [0.25, 0.3) is 11.8 Å². The molecule has 0 aliphatic carbocycles. The van der Waals surface area contributed by atoms with Gasteiger partial charge in [0.05, 0.1) is 17.7 Å². The molecule has 0 unspecified atom stereocenters. The average Bonchev–Trinajstić information content (AvgIpc) is 2.86. The van der Waals surface area contributed by atoms with Gasteiger partial charge >= 0.3 is 0 Å². The lowest BCUT2D eigenvalue weighted by atomic mass is 10.1. The molecule has 2 aromatic carbocycles. The molecule has 0 saturated carbocycles. The van der Waals surface area contributed by atoms with Gasteiger partial charge in [-0.25, -0.2) is 0 Å². The molecule has 0 bridgehead atoms. The van der Waals surface area contributed by atoms with E-state index in [1.165, 1.54) is 11.8 Å². The van der Waals surface area contributed by atoms with Crippen molar-refractivity contribution in [1.29, 1.82) is 0 Å². The molecule has 0 saturated heterocycles. The minimum absolute atomic E-state index is 0.136. The Hall–Kier alpha value is -3.15. The molecule has 134 valence electrons. The van der Waals surface area contributed by atoms with E-state index < -0.39 is 0 Å². The second-order valence-corrected chi connectivity index (χ2v) is 6.07. The molecule has 0 atom stereocenters. The number of nitrogens with zero attached hydrogens (tertiary/aromatic N) is 1.